The van der Waals surface area contributed by atoms with E-state index in [9.17, 15) is 19.7 Å². The summed E-state index contributed by atoms with van der Waals surface area (Å²) >= 11 is 13.1. The Balaban J connectivity index is 0.867. The van der Waals surface area contributed by atoms with Gasteiger partial charge in [-0.2, -0.15) is 9.97 Å². The van der Waals surface area contributed by atoms with Crippen LogP contribution in [0.5, 0.6) is 5.75 Å². The topological polar surface area (TPSA) is 322 Å². The molecule has 78 heavy (non-hydrogen) atoms. The number of aromatic nitrogens is 5. The summed E-state index contributed by atoms with van der Waals surface area (Å²) in [6.45, 7) is 6.57. The van der Waals surface area contributed by atoms with E-state index in [4.69, 9.17) is 91.2 Å². The number of amides is 1. The molecule has 5 rings (SSSR count). The number of nitrogens with two attached hydrogens (primary N) is 1. The number of anilines is 3. The first-order valence-electron chi connectivity index (χ1n) is 25.2. The van der Waals surface area contributed by atoms with Gasteiger partial charge in [-0.1, -0.05) is 35.0 Å². The number of aliphatic hydroxyl groups excluding tert-OH is 1. The highest BCUT2D eigenvalue weighted by Crippen LogP contribution is 2.43. The number of ether oxygens (including phenoxy) is 12. The standard InChI is InChI=1S/C49H73Cl2N10O16P/c1-66-36-49(35-62,78(64)65)75-34-41-10-11-44(76-41)55-45-42(30-52)46(57-47(51)56-45)60(31-37-4-2-3-5-43(37)50)13-16-68-19-22-71-26-27-73-28-29-74-33-39-32-61(59-58-39)14-17-69-20-23-72-25-24-70-21-18-67-15-12-54-48(63)77-40-8-6-38(53)7-9-40/h2-9,30,32,41,44,52,62,64-65H,10-29,31,33-36,53H2,1H3,(H,54,63)(H,55,56,57). The van der Waals surface area contributed by atoms with E-state index in [1.807, 2.05) is 23.1 Å². The lowest BCUT2D eigenvalue weighted by atomic mass is 10.2. The maximum atomic E-state index is 11.8. The van der Waals surface area contributed by atoms with Crippen molar-refractivity contribution < 1.29 is 76.5 Å². The largest absolute Gasteiger partial charge is 0.412 e. The Kier molecular flexibility index (Phi) is 30.8. The number of carbonyl (C=O) groups excluding carboxylic acids is 1. The van der Waals surface area contributed by atoms with Crippen LogP contribution in [0.2, 0.25) is 10.3 Å². The van der Waals surface area contributed by atoms with Gasteiger partial charge in [0.25, 0.3) is 0 Å². The quantitative estimate of drug-likeness (QED) is 0.0109. The van der Waals surface area contributed by atoms with Crippen LogP contribution in [0.1, 0.15) is 29.7 Å². The van der Waals surface area contributed by atoms with Crippen LogP contribution >= 0.6 is 31.6 Å². The number of halogens is 2. The minimum absolute atomic E-state index is 0.0269. The number of nitrogens with one attached hydrogen (secondary N) is 3. The van der Waals surface area contributed by atoms with E-state index in [0.717, 1.165) is 11.8 Å². The van der Waals surface area contributed by atoms with Crippen LogP contribution in [0, 0.1) is 5.41 Å². The minimum Gasteiger partial charge on any atom is -0.410 e. The molecule has 3 atom stereocenters. The summed E-state index contributed by atoms with van der Waals surface area (Å²) in [6.07, 6.45) is 2.48. The molecule has 1 aliphatic rings. The van der Waals surface area contributed by atoms with Gasteiger partial charge in [0.1, 0.15) is 29.3 Å². The van der Waals surface area contributed by atoms with E-state index >= 15 is 0 Å². The number of rotatable bonds is 43. The van der Waals surface area contributed by atoms with Crippen LogP contribution in [-0.2, 0) is 71.8 Å². The second-order valence-corrected chi connectivity index (χ2v) is 19.2. The van der Waals surface area contributed by atoms with Crippen LogP contribution in [0.15, 0.2) is 54.7 Å². The fourth-order valence-electron chi connectivity index (χ4n) is 7.23. The number of nitrogens with zero attached hydrogens (tertiary/aromatic N) is 6. The third-order valence-electron chi connectivity index (χ3n) is 11.2. The number of methoxy groups -OCH3 is 1. The molecule has 0 radical (unpaired) electrons. The molecule has 0 aliphatic carbocycles. The summed E-state index contributed by atoms with van der Waals surface area (Å²) in [6, 6.07) is 14.0. The smallest absolute Gasteiger partial charge is 0.410 e. The number of hydrogen-bond donors (Lipinski definition) is 7. The third-order valence-corrected chi connectivity index (χ3v) is 12.9. The van der Waals surface area contributed by atoms with Gasteiger partial charge in [-0.3, -0.25) is 0 Å². The van der Waals surface area contributed by atoms with Crippen molar-refractivity contribution in [1.82, 2.24) is 30.3 Å². The Bertz CT molecular complexity index is 2300. The van der Waals surface area contributed by atoms with Gasteiger partial charge in [0.05, 0.1) is 150 Å². The lowest BCUT2D eigenvalue weighted by molar-refractivity contribution is -0.101. The third kappa shape index (κ3) is 24.0. The maximum absolute atomic E-state index is 11.8. The fraction of sp³-hybridized carbons (Fsp3) is 0.592. The number of benzene rings is 2. The van der Waals surface area contributed by atoms with Gasteiger partial charge in [0.15, 0.2) is 5.34 Å². The van der Waals surface area contributed by atoms with Gasteiger partial charge in [-0.05, 0) is 60.3 Å². The van der Waals surface area contributed by atoms with E-state index in [2.05, 4.69) is 30.9 Å². The Hall–Kier alpha value is -4.55. The first-order valence-corrected chi connectivity index (χ1v) is 27.2. The Morgan fingerprint density at radius 3 is 2.13 bits per heavy atom. The van der Waals surface area contributed by atoms with Crippen molar-refractivity contribution in [2.24, 2.45) is 0 Å². The molecule has 2 aromatic carbocycles. The van der Waals surface area contributed by atoms with Gasteiger partial charge in [0, 0.05) is 43.7 Å². The molecule has 4 aromatic rings. The van der Waals surface area contributed by atoms with Crippen LogP contribution in [0.4, 0.5) is 22.1 Å². The lowest BCUT2D eigenvalue weighted by Gasteiger charge is -2.32. The molecule has 0 saturated carbocycles. The van der Waals surface area contributed by atoms with E-state index in [0.29, 0.717) is 165 Å². The lowest BCUT2D eigenvalue weighted by Crippen LogP contribution is -2.41. The molecule has 1 amide bonds. The Morgan fingerprint density at radius 1 is 0.872 bits per heavy atom. The maximum Gasteiger partial charge on any atom is 0.412 e. The van der Waals surface area contributed by atoms with E-state index < -0.39 is 38.7 Å². The predicted octanol–water partition coefficient (Wildman–Crippen LogP) is 3.65. The minimum atomic E-state index is -2.67. The van der Waals surface area contributed by atoms with E-state index in [-0.39, 0.29) is 37.5 Å². The van der Waals surface area contributed by atoms with Crippen LogP contribution in [-0.4, -0.2) is 209 Å². The van der Waals surface area contributed by atoms with Crippen LogP contribution in [0.3, 0.4) is 0 Å². The molecule has 434 valence electrons. The predicted molar refractivity (Wildman–Crippen MR) is 288 cm³/mol. The molecule has 3 heterocycles. The molecule has 1 fully saturated rings. The zero-order valence-corrected chi connectivity index (χ0v) is 46.1. The number of carbonyl (C=O) groups is 1. The molecule has 2 aromatic heterocycles. The molecule has 1 aliphatic heterocycles. The van der Waals surface area contributed by atoms with E-state index in [1.165, 1.54) is 7.11 Å². The highest BCUT2D eigenvalue weighted by molar-refractivity contribution is 7.46. The zero-order valence-electron chi connectivity index (χ0n) is 43.7. The summed E-state index contributed by atoms with van der Waals surface area (Å²) in [7, 11) is -1.29. The number of hydrogen-bond acceptors (Lipinski definition) is 24. The Labute approximate surface area is 464 Å². The van der Waals surface area contributed by atoms with E-state index in [1.54, 1.807) is 41.2 Å². The van der Waals surface area contributed by atoms with Gasteiger partial charge < -0.3 is 98.4 Å². The monoisotopic (exact) mass is 1160 g/mol. The van der Waals surface area contributed by atoms with Crippen molar-refractivity contribution in [2.45, 2.75) is 50.2 Å². The summed E-state index contributed by atoms with van der Waals surface area (Å²) in [4.78, 5) is 42.5. The SMILES string of the molecule is COCC(CO)(OCC1CCC(Nc2nc(Cl)nc(N(CCOCCOCCOCCOCc3cn(CCOCCOCCOCCOCCNC(=O)Oc4ccc(N)cc4)nn3)Cc3ccccc3Cl)c2C=N)O1)P(O)O. The molecule has 1 saturated heterocycles. The molecule has 0 bridgehead atoms. The van der Waals surface area contributed by atoms with Crippen molar-refractivity contribution in [3.05, 3.63) is 81.9 Å². The molecule has 29 heteroatoms. The fourth-order valence-corrected chi connectivity index (χ4v) is 8.15. The zero-order chi connectivity index (χ0) is 55.6. The van der Waals surface area contributed by atoms with Gasteiger partial charge >= 0.3 is 6.09 Å². The molecule has 3 unspecified atom stereocenters. The first-order chi connectivity index (χ1) is 38.0. The van der Waals surface area contributed by atoms with Crippen molar-refractivity contribution in [2.75, 3.05) is 155 Å². The van der Waals surface area contributed by atoms with Crippen molar-refractivity contribution in [1.29, 1.82) is 5.41 Å². The summed E-state index contributed by atoms with van der Waals surface area (Å²) in [5.41, 5.74) is 8.08. The molecule has 26 nitrogen and oxygen atoms in total. The van der Waals surface area contributed by atoms with Crippen molar-refractivity contribution in [3.8, 4) is 5.75 Å². The van der Waals surface area contributed by atoms with Gasteiger partial charge in [0.2, 0.25) is 13.7 Å². The molecular weight excluding hydrogens is 1090 g/mol. The van der Waals surface area contributed by atoms with Gasteiger partial charge in [-0.25, -0.2) is 9.48 Å². The summed E-state index contributed by atoms with van der Waals surface area (Å²) in [5, 5.41) is 31.2. The summed E-state index contributed by atoms with van der Waals surface area (Å²) < 4.78 is 68.8. The normalized spacial score (nSPS) is 15.2. The number of aliphatic hydroxyl groups is 1. The highest BCUT2D eigenvalue weighted by Gasteiger charge is 2.41. The second-order valence-electron chi connectivity index (χ2n) is 17.0. The number of nitrogen functional groups attached to an aromatic ring is 1. The summed E-state index contributed by atoms with van der Waals surface area (Å²) in [5.74, 6) is 1.06. The molecule has 0 spiro atoms. The highest BCUT2D eigenvalue weighted by atomic mass is 35.5. The average Bonchev–Trinajstić information content (AvgIpc) is 4.11. The molecule has 8 N–H and O–H groups in total. The van der Waals surface area contributed by atoms with Gasteiger partial charge in [-0.15, -0.1) is 5.10 Å². The van der Waals surface area contributed by atoms with Crippen molar-refractivity contribution in [3.63, 3.8) is 0 Å². The molecular formula is C49H73Cl2N10O16P. The first kappa shape index (κ1) is 64.3. The second kappa shape index (κ2) is 37.4. The Morgan fingerprint density at radius 2 is 1.50 bits per heavy atom. The van der Waals surface area contributed by atoms with Crippen LogP contribution < -0.4 is 26.0 Å². The van der Waals surface area contributed by atoms with Crippen molar-refractivity contribution >= 4 is 61.2 Å². The average molecular weight is 1160 g/mol. The van der Waals surface area contributed by atoms with Crippen LogP contribution in [0.25, 0.3) is 0 Å².